The van der Waals surface area contributed by atoms with Gasteiger partial charge in [0, 0.05) is 30.1 Å². The Morgan fingerprint density at radius 3 is 2.54 bits per heavy atom. The quantitative estimate of drug-likeness (QED) is 0.416. The number of halogens is 1. The predicted octanol–water partition coefficient (Wildman–Crippen LogP) is 2.35. The molecule has 2 aromatic rings. The van der Waals surface area contributed by atoms with E-state index in [4.69, 9.17) is 26.6 Å². The van der Waals surface area contributed by atoms with E-state index >= 15 is 0 Å². The lowest BCUT2D eigenvalue weighted by molar-refractivity contribution is -0.727. The summed E-state index contributed by atoms with van der Waals surface area (Å²) in [5, 5.41) is 20.5. The number of carbonyl (C=O) groups is 5. The molecule has 2 atom stereocenters. The van der Waals surface area contributed by atoms with Crippen LogP contribution in [-0.4, -0.2) is 57.9 Å². The number of ketones is 1. The number of rotatable bonds is 9. The summed E-state index contributed by atoms with van der Waals surface area (Å²) in [4.78, 5) is 62.1. The van der Waals surface area contributed by atoms with Gasteiger partial charge in [-0.2, -0.15) is 4.57 Å². The lowest BCUT2D eigenvalue weighted by Gasteiger charge is -2.43. The smallest absolute Gasteiger partial charge is 0.415 e. The molecule has 196 valence electrons. The Morgan fingerprint density at radius 2 is 1.89 bits per heavy atom. The second kappa shape index (κ2) is 11.8. The van der Waals surface area contributed by atoms with Crippen LogP contribution in [0.2, 0.25) is 5.02 Å². The number of ether oxygens (including phenoxy) is 1. The van der Waals surface area contributed by atoms with E-state index in [9.17, 15) is 24.0 Å². The molecule has 3 rings (SSSR count). The Morgan fingerprint density at radius 1 is 1.16 bits per heavy atom. The van der Waals surface area contributed by atoms with Gasteiger partial charge in [0.25, 0.3) is 12.6 Å². The third kappa shape index (κ3) is 6.23. The topological polar surface area (TPSA) is 154 Å². The van der Waals surface area contributed by atoms with Crippen LogP contribution in [0.15, 0.2) is 48.8 Å². The molecule has 1 aliphatic rings. The second-order valence-corrected chi connectivity index (χ2v) is 9.04. The Balaban J connectivity index is 1.74. The molecule has 0 radical (unpaired) electrons. The fourth-order valence-corrected chi connectivity index (χ4v) is 4.66. The van der Waals surface area contributed by atoms with E-state index in [-0.39, 0.29) is 18.1 Å². The van der Waals surface area contributed by atoms with Crippen LogP contribution < -0.4 is 9.88 Å². The molecule has 1 fully saturated rings. The number of pyridine rings is 1. The van der Waals surface area contributed by atoms with Crippen LogP contribution in [0.1, 0.15) is 48.0 Å². The first-order valence-electron chi connectivity index (χ1n) is 11.5. The van der Waals surface area contributed by atoms with Gasteiger partial charge in [-0.3, -0.25) is 19.3 Å². The fraction of sp³-hybridized carbons (Fsp3) is 0.360. The van der Waals surface area contributed by atoms with Crippen LogP contribution in [0.3, 0.4) is 0 Å². The Kier molecular flexibility index (Phi) is 8.82. The van der Waals surface area contributed by atoms with Gasteiger partial charge in [0.1, 0.15) is 17.1 Å². The van der Waals surface area contributed by atoms with Crippen molar-refractivity contribution in [3.05, 3.63) is 64.9 Å². The van der Waals surface area contributed by atoms with Crippen LogP contribution in [-0.2, 0) is 31.4 Å². The monoisotopic (exact) mass is 532 g/mol. The molecule has 1 heterocycles. The summed E-state index contributed by atoms with van der Waals surface area (Å²) in [7, 11) is 1.48. The second-order valence-electron chi connectivity index (χ2n) is 8.64. The van der Waals surface area contributed by atoms with Crippen LogP contribution in [0.25, 0.3) is 0 Å². The van der Waals surface area contributed by atoms with E-state index < -0.39 is 41.9 Å². The van der Waals surface area contributed by atoms with Crippen LogP contribution in [0.4, 0.5) is 4.79 Å². The molecule has 1 aliphatic carbocycles. The first-order valence-corrected chi connectivity index (χ1v) is 11.9. The standard InChI is InChI=1S/C25H26ClN3O8/c1-28(25(11-5-4-10-20(25)30)17-8-2-3-9-18(17)26)24(36)37-15-29-12-6-7-16(14-29)22(33)27-19(23(34)35)13-21(31)32/h2-3,6-9,12,14,19H,4-5,10-11,13,15H2,1H3,(H2-,27,31,32,33,34,35)/p+1/t19-,25?/m0/s1. The van der Waals surface area contributed by atoms with Gasteiger partial charge in [-0.25, -0.2) is 9.59 Å². The molecule has 12 heteroatoms. The molecule has 1 saturated carbocycles. The number of carbonyl (C=O) groups excluding carboxylic acids is 3. The van der Waals surface area contributed by atoms with Crippen molar-refractivity contribution in [2.24, 2.45) is 0 Å². The molecule has 1 unspecified atom stereocenters. The maximum Gasteiger partial charge on any atom is 0.415 e. The molecule has 3 N–H and O–H groups in total. The number of nitrogens with one attached hydrogen (secondary N) is 1. The Labute approximate surface area is 217 Å². The summed E-state index contributed by atoms with van der Waals surface area (Å²) in [5.41, 5.74) is -0.712. The number of likely N-dealkylation sites (N-methyl/N-ethyl adjacent to an activating group) is 1. The van der Waals surface area contributed by atoms with E-state index in [0.717, 1.165) is 6.42 Å². The van der Waals surface area contributed by atoms with Gasteiger partial charge in [0.2, 0.25) is 0 Å². The zero-order chi connectivity index (χ0) is 27.2. The van der Waals surface area contributed by atoms with Crippen LogP contribution >= 0.6 is 11.6 Å². The molecule has 0 spiro atoms. The van der Waals surface area contributed by atoms with Gasteiger partial charge in [-0.05, 0) is 31.4 Å². The molecular weight excluding hydrogens is 506 g/mol. The zero-order valence-corrected chi connectivity index (χ0v) is 20.8. The molecule has 37 heavy (non-hydrogen) atoms. The lowest BCUT2D eigenvalue weighted by Crippen LogP contribution is -2.55. The highest BCUT2D eigenvalue weighted by Crippen LogP contribution is 2.42. The van der Waals surface area contributed by atoms with Gasteiger partial charge in [0.05, 0.1) is 6.42 Å². The molecule has 1 aromatic carbocycles. The van der Waals surface area contributed by atoms with Crippen molar-refractivity contribution >= 4 is 41.3 Å². The SMILES string of the molecule is CN(C(=O)OC[n+]1cccc(C(=O)N[C@@H](CC(=O)O)C(=O)O)c1)C1(c2ccccc2Cl)CCCCC1=O. The lowest BCUT2D eigenvalue weighted by atomic mass is 9.74. The number of nitrogens with zero attached hydrogens (tertiary/aromatic N) is 2. The Bertz CT molecular complexity index is 1220. The molecule has 0 aliphatic heterocycles. The minimum atomic E-state index is -1.61. The van der Waals surface area contributed by atoms with Crippen LogP contribution in [0, 0.1) is 0 Å². The van der Waals surface area contributed by atoms with Crippen molar-refractivity contribution in [2.45, 2.75) is 50.4 Å². The average Bonchev–Trinajstić information content (AvgIpc) is 2.87. The van der Waals surface area contributed by atoms with Crippen molar-refractivity contribution in [3.63, 3.8) is 0 Å². The summed E-state index contributed by atoms with van der Waals surface area (Å²) in [5.74, 6) is -3.80. The highest BCUT2D eigenvalue weighted by atomic mass is 35.5. The molecule has 11 nitrogen and oxygen atoms in total. The first-order chi connectivity index (χ1) is 17.6. The molecular formula is C25H27ClN3O8+. The maximum absolute atomic E-state index is 13.2. The summed E-state index contributed by atoms with van der Waals surface area (Å²) in [6.45, 7) is -0.311. The van der Waals surface area contributed by atoms with E-state index in [1.807, 2.05) is 0 Å². The number of aliphatic carboxylic acids is 2. The normalized spacial score (nSPS) is 17.9. The third-order valence-electron chi connectivity index (χ3n) is 6.26. The van der Waals surface area contributed by atoms with Crippen molar-refractivity contribution in [3.8, 4) is 0 Å². The van der Waals surface area contributed by atoms with Gasteiger partial charge < -0.3 is 20.3 Å². The summed E-state index contributed by atoms with van der Waals surface area (Å²) in [6, 6.07) is 8.15. The van der Waals surface area contributed by atoms with Gasteiger partial charge in [-0.1, -0.05) is 29.8 Å². The van der Waals surface area contributed by atoms with E-state index in [2.05, 4.69) is 5.32 Å². The van der Waals surface area contributed by atoms with E-state index in [1.165, 1.54) is 41.0 Å². The zero-order valence-electron chi connectivity index (χ0n) is 20.1. The Hall–Kier alpha value is -3.99. The number of hydrogen-bond donors (Lipinski definition) is 3. The minimum absolute atomic E-state index is 0.0264. The molecule has 0 bridgehead atoms. The maximum atomic E-state index is 13.2. The van der Waals surface area contributed by atoms with Gasteiger partial charge in [0.15, 0.2) is 18.2 Å². The van der Waals surface area contributed by atoms with Crippen molar-refractivity contribution in [1.29, 1.82) is 0 Å². The fourth-order valence-electron chi connectivity index (χ4n) is 4.36. The summed E-state index contributed by atoms with van der Waals surface area (Å²) >= 11 is 6.42. The number of aromatic nitrogens is 1. The largest absolute Gasteiger partial charge is 0.481 e. The number of hydrogen-bond acceptors (Lipinski definition) is 6. The number of amides is 2. The number of carboxylic acid groups (broad SMARTS) is 2. The highest BCUT2D eigenvalue weighted by Gasteiger charge is 2.48. The van der Waals surface area contributed by atoms with Crippen molar-refractivity contribution < 1.29 is 43.5 Å². The first kappa shape index (κ1) is 27.6. The van der Waals surface area contributed by atoms with E-state index in [0.29, 0.717) is 29.8 Å². The number of Topliss-reactive ketones (excluding diaryl/α,β-unsaturated/α-hetero) is 1. The van der Waals surface area contributed by atoms with Gasteiger partial charge >= 0.3 is 18.0 Å². The highest BCUT2D eigenvalue weighted by molar-refractivity contribution is 6.31. The average molecular weight is 533 g/mol. The van der Waals surface area contributed by atoms with Crippen molar-refractivity contribution in [1.82, 2.24) is 10.2 Å². The van der Waals surface area contributed by atoms with Crippen molar-refractivity contribution in [2.75, 3.05) is 7.05 Å². The van der Waals surface area contributed by atoms with Gasteiger partial charge in [-0.15, -0.1) is 0 Å². The molecule has 1 aromatic heterocycles. The number of carboxylic acids is 2. The molecule has 2 amide bonds. The minimum Gasteiger partial charge on any atom is -0.481 e. The number of benzene rings is 1. The van der Waals surface area contributed by atoms with E-state index in [1.54, 1.807) is 24.3 Å². The predicted molar refractivity (Wildman–Crippen MR) is 129 cm³/mol. The van der Waals surface area contributed by atoms with Crippen LogP contribution in [0.5, 0.6) is 0 Å². The third-order valence-corrected chi connectivity index (χ3v) is 6.59. The summed E-state index contributed by atoms with van der Waals surface area (Å²) in [6.07, 6.45) is 3.41. The summed E-state index contributed by atoms with van der Waals surface area (Å²) < 4.78 is 6.81. The molecule has 0 saturated heterocycles.